The molecule has 2 aromatic rings. The van der Waals surface area contributed by atoms with Crippen LogP contribution in [0.3, 0.4) is 0 Å². The van der Waals surface area contributed by atoms with Crippen LogP contribution in [0.4, 0.5) is 4.39 Å². The van der Waals surface area contributed by atoms with Gasteiger partial charge in [-0.2, -0.15) is 0 Å². The van der Waals surface area contributed by atoms with Gasteiger partial charge in [0.05, 0.1) is 6.04 Å². The second kappa shape index (κ2) is 5.36. The predicted octanol–water partition coefficient (Wildman–Crippen LogP) is 4.10. The van der Waals surface area contributed by atoms with E-state index in [0.29, 0.717) is 5.56 Å². The van der Waals surface area contributed by atoms with E-state index in [9.17, 15) is 4.39 Å². The molecule has 0 aliphatic carbocycles. The lowest BCUT2D eigenvalue weighted by molar-refractivity contribution is 0.596. The fraction of sp³-hybridized carbons (Fsp3) is 0.200. The normalized spacial score (nSPS) is 12.5. The van der Waals surface area contributed by atoms with Crippen LogP contribution in [0.1, 0.15) is 28.3 Å². The molecule has 0 saturated carbocycles. The van der Waals surface area contributed by atoms with Gasteiger partial charge in [0.2, 0.25) is 0 Å². The smallest absolute Gasteiger partial charge is 0.128 e. The number of hydrogen-bond donors (Lipinski definition) is 1. The lowest BCUT2D eigenvalue weighted by atomic mass is 9.94. The molecule has 0 aliphatic rings. The van der Waals surface area contributed by atoms with E-state index in [4.69, 9.17) is 5.73 Å². The molecule has 2 rings (SSSR count). The molecule has 0 aromatic heterocycles. The summed E-state index contributed by atoms with van der Waals surface area (Å²) in [6.07, 6.45) is 0. The molecule has 1 atom stereocenters. The summed E-state index contributed by atoms with van der Waals surface area (Å²) in [5, 5.41) is 0. The number of hydrogen-bond acceptors (Lipinski definition) is 1. The molecule has 0 radical (unpaired) electrons. The summed E-state index contributed by atoms with van der Waals surface area (Å²) in [6.45, 7) is 3.79. The number of nitrogens with two attached hydrogens (primary N) is 1. The Hall–Kier alpha value is -0.940. The summed E-state index contributed by atoms with van der Waals surface area (Å²) in [4.78, 5) is 0. The van der Waals surface area contributed by atoms with Crippen LogP contribution in [-0.2, 0) is 0 Å². The van der Waals surface area contributed by atoms with Crippen LogP contribution in [0, 0.1) is 23.2 Å². The molecule has 0 saturated heterocycles. The van der Waals surface area contributed by atoms with Gasteiger partial charge >= 0.3 is 0 Å². The van der Waals surface area contributed by atoms with Crippen LogP contribution < -0.4 is 5.73 Å². The number of aryl methyl sites for hydroxylation is 2. The van der Waals surface area contributed by atoms with Crippen LogP contribution in [0.15, 0.2) is 36.4 Å². The van der Waals surface area contributed by atoms with Gasteiger partial charge in [0, 0.05) is 9.13 Å². The summed E-state index contributed by atoms with van der Waals surface area (Å²) in [6, 6.07) is 11.0. The summed E-state index contributed by atoms with van der Waals surface area (Å²) >= 11 is 2.24. The third-order valence-electron chi connectivity index (χ3n) is 3.02. The molecule has 18 heavy (non-hydrogen) atoms. The van der Waals surface area contributed by atoms with Crippen molar-refractivity contribution in [2.75, 3.05) is 0 Å². The van der Waals surface area contributed by atoms with Gasteiger partial charge in [-0.05, 0) is 71.3 Å². The molecule has 0 bridgehead atoms. The molecule has 1 unspecified atom stereocenters. The Bertz CT molecular complexity index is 540. The fourth-order valence-corrected chi connectivity index (χ4v) is 2.52. The zero-order valence-corrected chi connectivity index (χ0v) is 12.5. The number of halogens is 2. The molecule has 0 amide bonds. The van der Waals surface area contributed by atoms with Crippen molar-refractivity contribution in [1.29, 1.82) is 0 Å². The maximum Gasteiger partial charge on any atom is 0.128 e. The van der Waals surface area contributed by atoms with E-state index in [1.807, 2.05) is 44.2 Å². The van der Waals surface area contributed by atoms with Gasteiger partial charge in [0.15, 0.2) is 0 Å². The molecule has 2 aromatic carbocycles. The average molecular weight is 355 g/mol. The zero-order chi connectivity index (χ0) is 13.3. The summed E-state index contributed by atoms with van der Waals surface area (Å²) in [5.41, 5.74) is 9.51. The monoisotopic (exact) mass is 355 g/mol. The highest BCUT2D eigenvalue weighted by Gasteiger charge is 2.16. The quantitative estimate of drug-likeness (QED) is 0.807. The molecule has 0 heterocycles. The Morgan fingerprint density at radius 3 is 2.28 bits per heavy atom. The van der Waals surface area contributed by atoms with Crippen LogP contribution in [0.5, 0.6) is 0 Å². The largest absolute Gasteiger partial charge is 0.320 e. The van der Waals surface area contributed by atoms with Crippen molar-refractivity contribution in [1.82, 2.24) is 0 Å². The Kier molecular flexibility index (Phi) is 4.02. The first-order valence-electron chi connectivity index (χ1n) is 5.76. The van der Waals surface area contributed by atoms with E-state index < -0.39 is 6.04 Å². The first-order valence-corrected chi connectivity index (χ1v) is 6.84. The van der Waals surface area contributed by atoms with Gasteiger partial charge in [-0.1, -0.05) is 18.2 Å². The highest BCUT2D eigenvalue weighted by molar-refractivity contribution is 14.1. The van der Waals surface area contributed by atoms with Gasteiger partial charge in [0.1, 0.15) is 5.82 Å². The molecular weight excluding hydrogens is 340 g/mol. The first kappa shape index (κ1) is 13.5. The minimum atomic E-state index is -0.414. The molecule has 2 N–H and O–H groups in total. The van der Waals surface area contributed by atoms with Gasteiger partial charge in [0.25, 0.3) is 0 Å². The van der Waals surface area contributed by atoms with Crippen molar-refractivity contribution in [3.05, 3.63) is 68.0 Å². The van der Waals surface area contributed by atoms with E-state index in [2.05, 4.69) is 22.6 Å². The number of benzene rings is 2. The van der Waals surface area contributed by atoms with Crippen molar-refractivity contribution in [2.24, 2.45) is 5.73 Å². The Labute approximate surface area is 120 Å². The molecule has 94 valence electrons. The average Bonchev–Trinajstić information content (AvgIpc) is 2.28. The van der Waals surface area contributed by atoms with E-state index in [1.165, 1.54) is 6.07 Å². The molecule has 0 aliphatic heterocycles. The standard InChI is InChI=1S/C15H15FIN/c1-9-7-10(2)14(13(16)8-9)15(18)11-3-5-12(17)6-4-11/h3-8,15H,18H2,1-2H3. The van der Waals surface area contributed by atoms with E-state index >= 15 is 0 Å². The molecule has 3 heteroatoms. The zero-order valence-electron chi connectivity index (χ0n) is 10.4. The fourth-order valence-electron chi connectivity index (χ4n) is 2.16. The lowest BCUT2D eigenvalue weighted by Crippen LogP contribution is -2.15. The van der Waals surface area contributed by atoms with Gasteiger partial charge in [-0.15, -0.1) is 0 Å². The van der Waals surface area contributed by atoms with Crippen molar-refractivity contribution < 1.29 is 4.39 Å². The van der Waals surface area contributed by atoms with Crippen LogP contribution in [-0.4, -0.2) is 0 Å². The third-order valence-corrected chi connectivity index (χ3v) is 3.74. The Morgan fingerprint density at radius 2 is 1.72 bits per heavy atom. The third kappa shape index (κ3) is 2.72. The van der Waals surface area contributed by atoms with E-state index in [1.54, 1.807) is 0 Å². The van der Waals surface area contributed by atoms with Crippen molar-refractivity contribution in [3.8, 4) is 0 Å². The van der Waals surface area contributed by atoms with Crippen LogP contribution >= 0.6 is 22.6 Å². The van der Waals surface area contributed by atoms with Gasteiger partial charge in [-0.25, -0.2) is 4.39 Å². The molecule has 0 spiro atoms. The van der Waals surface area contributed by atoms with Gasteiger partial charge < -0.3 is 5.73 Å². The lowest BCUT2D eigenvalue weighted by Gasteiger charge is -2.17. The minimum absolute atomic E-state index is 0.224. The summed E-state index contributed by atoms with van der Waals surface area (Å²) < 4.78 is 15.2. The van der Waals surface area contributed by atoms with Crippen molar-refractivity contribution in [3.63, 3.8) is 0 Å². The first-order chi connectivity index (χ1) is 8.49. The minimum Gasteiger partial charge on any atom is -0.320 e. The van der Waals surface area contributed by atoms with Crippen LogP contribution in [0.25, 0.3) is 0 Å². The Morgan fingerprint density at radius 1 is 1.11 bits per heavy atom. The highest BCUT2D eigenvalue weighted by atomic mass is 127. The second-order valence-corrected chi connectivity index (χ2v) is 5.75. The SMILES string of the molecule is Cc1cc(C)c(C(N)c2ccc(I)cc2)c(F)c1. The summed E-state index contributed by atoms with van der Waals surface area (Å²) in [7, 11) is 0. The van der Waals surface area contributed by atoms with Crippen molar-refractivity contribution >= 4 is 22.6 Å². The highest BCUT2D eigenvalue weighted by Crippen LogP contribution is 2.26. The number of rotatable bonds is 2. The van der Waals surface area contributed by atoms with Crippen molar-refractivity contribution in [2.45, 2.75) is 19.9 Å². The molecule has 0 fully saturated rings. The van der Waals surface area contributed by atoms with Gasteiger partial charge in [-0.3, -0.25) is 0 Å². The maximum absolute atomic E-state index is 14.0. The Balaban J connectivity index is 2.46. The topological polar surface area (TPSA) is 26.0 Å². The maximum atomic E-state index is 14.0. The second-order valence-electron chi connectivity index (χ2n) is 4.51. The summed E-state index contributed by atoms with van der Waals surface area (Å²) in [5.74, 6) is -0.224. The predicted molar refractivity (Wildman–Crippen MR) is 81.1 cm³/mol. The van der Waals surface area contributed by atoms with E-state index in [-0.39, 0.29) is 5.82 Å². The van der Waals surface area contributed by atoms with Crippen LogP contribution in [0.2, 0.25) is 0 Å². The molecule has 1 nitrogen and oxygen atoms in total. The molecular formula is C15H15FIN. The van der Waals surface area contributed by atoms with E-state index in [0.717, 1.165) is 20.3 Å².